The smallest absolute Gasteiger partial charge is 0.256 e. The molecule has 1 amide bonds. The number of carbonyl (C=O) groups is 1. The molecular weight excluding hydrogens is 262 g/mol. The van der Waals surface area contributed by atoms with E-state index >= 15 is 0 Å². The predicted molar refractivity (Wildman–Crippen MR) is 85.6 cm³/mol. The van der Waals surface area contributed by atoms with Crippen molar-refractivity contribution in [3.05, 3.63) is 36.0 Å². The Morgan fingerprint density at radius 3 is 2.81 bits per heavy atom. The molecule has 0 bridgehead atoms. The summed E-state index contributed by atoms with van der Waals surface area (Å²) in [5.41, 5.74) is 0.710. The van der Waals surface area contributed by atoms with Crippen LogP contribution in [0.1, 0.15) is 30.6 Å². The summed E-state index contributed by atoms with van der Waals surface area (Å²) in [6, 6.07) is 7.98. The highest BCUT2D eigenvalue weighted by Crippen LogP contribution is 2.27. The summed E-state index contributed by atoms with van der Waals surface area (Å²) in [6.07, 6.45) is 2.80. The highest BCUT2D eigenvalue weighted by molar-refractivity contribution is 6.09. The number of hydrogen-bond donors (Lipinski definition) is 1. The number of benzene rings is 1. The van der Waals surface area contributed by atoms with Gasteiger partial charge in [0.2, 0.25) is 0 Å². The van der Waals surface area contributed by atoms with E-state index in [-0.39, 0.29) is 5.91 Å². The highest BCUT2D eigenvalue weighted by Gasteiger charge is 2.25. The van der Waals surface area contributed by atoms with Crippen LogP contribution in [-0.2, 0) is 0 Å². The zero-order chi connectivity index (χ0) is 14.8. The van der Waals surface area contributed by atoms with Crippen molar-refractivity contribution < 1.29 is 4.79 Å². The number of carbonyl (C=O) groups excluding carboxylic acids is 1. The fraction of sp³-hybridized carbons (Fsp3) is 0.412. The maximum Gasteiger partial charge on any atom is 0.256 e. The van der Waals surface area contributed by atoms with Gasteiger partial charge in [-0.1, -0.05) is 31.2 Å². The first-order chi connectivity index (χ1) is 10.2. The van der Waals surface area contributed by atoms with E-state index in [0.29, 0.717) is 11.5 Å². The molecule has 1 unspecified atom stereocenters. The molecule has 1 atom stereocenters. The van der Waals surface area contributed by atoms with E-state index in [9.17, 15) is 4.79 Å². The molecule has 1 aromatic heterocycles. The molecule has 0 aliphatic carbocycles. The van der Waals surface area contributed by atoms with Gasteiger partial charge < -0.3 is 10.2 Å². The van der Waals surface area contributed by atoms with Crippen LogP contribution in [0.5, 0.6) is 0 Å². The van der Waals surface area contributed by atoms with Crippen molar-refractivity contribution in [2.45, 2.75) is 20.3 Å². The number of rotatable bonds is 3. The molecule has 1 fully saturated rings. The van der Waals surface area contributed by atoms with E-state index in [4.69, 9.17) is 0 Å². The van der Waals surface area contributed by atoms with E-state index in [1.165, 1.54) is 0 Å². The molecule has 1 saturated heterocycles. The molecule has 1 aromatic carbocycles. The van der Waals surface area contributed by atoms with Gasteiger partial charge >= 0.3 is 0 Å². The fourth-order valence-corrected chi connectivity index (χ4v) is 2.96. The number of likely N-dealkylation sites (tertiary alicyclic amines) is 1. The molecule has 2 aromatic rings. The van der Waals surface area contributed by atoms with Crippen molar-refractivity contribution in [3.8, 4) is 0 Å². The monoisotopic (exact) mass is 283 g/mol. The molecule has 0 spiro atoms. The van der Waals surface area contributed by atoms with Crippen molar-refractivity contribution in [2.24, 2.45) is 5.92 Å². The van der Waals surface area contributed by atoms with E-state index in [2.05, 4.69) is 17.2 Å². The lowest BCUT2D eigenvalue weighted by atomic mass is 10.1. The third-order valence-corrected chi connectivity index (χ3v) is 4.08. The molecular formula is C17H21N3O. The van der Waals surface area contributed by atoms with Crippen LogP contribution < -0.4 is 5.32 Å². The SMILES string of the molecule is CCNc1ncc(C(=O)N2CCC(C)C2)c2ccccc12. The lowest BCUT2D eigenvalue weighted by molar-refractivity contribution is 0.0789. The normalized spacial score (nSPS) is 18.2. The second-order valence-corrected chi connectivity index (χ2v) is 5.74. The third kappa shape index (κ3) is 2.58. The zero-order valence-electron chi connectivity index (χ0n) is 12.6. The van der Waals surface area contributed by atoms with Crippen LogP contribution in [0.15, 0.2) is 30.5 Å². The molecule has 1 N–H and O–H groups in total. The molecule has 0 radical (unpaired) electrons. The van der Waals surface area contributed by atoms with Gasteiger partial charge in [0.25, 0.3) is 5.91 Å². The summed E-state index contributed by atoms with van der Waals surface area (Å²) in [5, 5.41) is 5.25. The fourth-order valence-electron chi connectivity index (χ4n) is 2.96. The molecule has 1 aliphatic heterocycles. The first kappa shape index (κ1) is 13.9. The van der Waals surface area contributed by atoms with Gasteiger partial charge in [-0.25, -0.2) is 4.98 Å². The van der Waals surface area contributed by atoms with Crippen molar-refractivity contribution >= 4 is 22.5 Å². The first-order valence-corrected chi connectivity index (χ1v) is 7.61. The lowest BCUT2D eigenvalue weighted by Gasteiger charge is -2.18. The molecule has 2 heterocycles. The summed E-state index contributed by atoms with van der Waals surface area (Å²) < 4.78 is 0. The van der Waals surface area contributed by atoms with Crippen LogP contribution in [0.2, 0.25) is 0 Å². The number of fused-ring (bicyclic) bond motifs is 1. The minimum atomic E-state index is 0.103. The molecule has 0 saturated carbocycles. The minimum Gasteiger partial charge on any atom is -0.370 e. The van der Waals surface area contributed by atoms with Crippen LogP contribution in [0.3, 0.4) is 0 Å². The van der Waals surface area contributed by atoms with Crippen molar-refractivity contribution in [2.75, 3.05) is 25.0 Å². The quantitative estimate of drug-likeness (QED) is 0.941. The van der Waals surface area contributed by atoms with E-state index < -0.39 is 0 Å². The van der Waals surface area contributed by atoms with Gasteiger partial charge in [0.1, 0.15) is 5.82 Å². The van der Waals surface area contributed by atoms with Crippen molar-refractivity contribution in [1.29, 1.82) is 0 Å². The van der Waals surface area contributed by atoms with Gasteiger partial charge in [-0.2, -0.15) is 0 Å². The molecule has 4 heteroatoms. The Labute approximate surface area is 125 Å². The van der Waals surface area contributed by atoms with Crippen LogP contribution in [0.25, 0.3) is 10.8 Å². The second-order valence-electron chi connectivity index (χ2n) is 5.74. The largest absolute Gasteiger partial charge is 0.370 e. The van der Waals surface area contributed by atoms with Gasteiger partial charge in [0.15, 0.2) is 0 Å². The number of pyridine rings is 1. The first-order valence-electron chi connectivity index (χ1n) is 7.61. The highest BCUT2D eigenvalue weighted by atomic mass is 16.2. The molecule has 4 nitrogen and oxygen atoms in total. The van der Waals surface area contributed by atoms with Crippen LogP contribution in [-0.4, -0.2) is 35.4 Å². The van der Waals surface area contributed by atoms with Gasteiger partial charge in [-0.3, -0.25) is 4.79 Å². The van der Waals surface area contributed by atoms with Crippen LogP contribution >= 0.6 is 0 Å². The summed E-state index contributed by atoms with van der Waals surface area (Å²) in [6.45, 7) is 6.75. The lowest BCUT2D eigenvalue weighted by Crippen LogP contribution is -2.28. The standard InChI is InChI=1S/C17H21N3O/c1-3-18-16-14-7-5-4-6-13(14)15(10-19-16)17(21)20-9-8-12(2)11-20/h4-7,10,12H,3,8-9,11H2,1-2H3,(H,18,19). The number of hydrogen-bond acceptors (Lipinski definition) is 3. The zero-order valence-corrected chi connectivity index (χ0v) is 12.6. The van der Waals surface area contributed by atoms with Gasteiger partial charge in [-0.05, 0) is 24.6 Å². The summed E-state index contributed by atoms with van der Waals surface area (Å²) in [7, 11) is 0. The Morgan fingerprint density at radius 1 is 1.38 bits per heavy atom. The third-order valence-electron chi connectivity index (χ3n) is 4.08. The Morgan fingerprint density at radius 2 is 2.14 bits per heavy atom. The van der Waals surface area contributed by atoms with Gasteiger partial charge in [-0.15, -0.1) is 0 Å². The Kier molecular flexibility index (Phi) is 3.78. The second kappa shape index (κ2) is 5.72. The summed E-state index contributed by atoms with van der Waals surface area (Å²) in [5.74, 6) is 1.54. The number of aromatic nitrogens is 1. The van der Waals surface area contributed by atoms with E-state index in [0.717, 1.165) is 42.6 Å². The number of nitrogens with one attached hydrogen (secondary N) is 1. The predicted octanol–water partition coefficient (Wildman–Crippen LogP) is 3.15. The van der Waals surface area contributed by atoms with Crippen molar-refractivity contribution in [1.82, 2.24) is 9.88 Å². The summed E-state index contributed by atoms with van der Waals surface area (Å²) in [4.78, 5) is 19.1. The Balaban J connectivity index is 2.03. The van der Waals surface area contributed by atoms with Gasteiger partial charge in [0.05, 0.1) is 5.56 Å². The van der Waals surface area contributed by atoms with Crippen LogP contribution in [0, 0.1) is 5.92 Å². The average molecular weight is 283 g/mol. The van der Waals surface area contributed by atoms with E-state index in [1.807, 2.05) is 36.1 Å². The number of anilines is 1. The average Bonchev–Trinajstić information content (AvgIpc) is 2.94. The van der Waals surface area contributed by atoms with E-state index in [1.54, 1.807) is 6.20 Å². The topological polar surface area (TPSA) is 45.2 Å². The summed E-state index contributed by atoms with van der Waals surface area (Å²) >= 11 is 0. The number of amides is 1. The Bertz CT molecular complexity index is 668. The minimum absolute atomic E-state index is 0.103. The molecule has 1 aliphatic rings. The maximum absolute atomic E-state index is 12.7. The maximum atomic E-state index is 12.7. The number of nitrogens with zero attached hydrogens (tertiary/aromatic N) is 2. The molecule has 110 valence electrons. The molecule has 3 rings (SSSR count). The molecule has 21 heavy (non-hydrogen) atoms. The van der Waals surface area contributed by atoms with Crippen LogP contribution in [0.4, 0.5) is 5.82 Å². The van der Waals surface area contributed by atoms with Crippen molar-refractivity contribution in [3.63, 3.8) is 0 Å². The Hall–Kier alpha value is -2.10. The van der Waals surface area contributed by atoms with Gasteiger partial charge in [0, 0.05) is 31.2 Å².